The van der Waals surface area contributed by atoms with Crippen molar-refractivity contribution in [3.63, 3.8) is 0 Å². The van der Waals surface area contributed by atoms with Crippen LogP contribution in [-0.2, 0) is 9.53 Å². The van der Waals surface area contributed by atoms with E-state index in [4.69, 9.17) is 0 Å². The molecule has 0 fully saturated rings. The fraction of sp³-hybridized carbons (Fsp3) is 0.571. The third-order valence-electron chi connectivity index (χ3n) is 1.35. The summed E-state index contributed by atoms with van der Waals surface area (Å²) in [4.78, 5) is 22.0. The predicted molar refractivity (Wildman–Crippen MR) is 41.6 cm³/mol. The summed E-state index contributed by atoms with van der Waals surface area (Å²) in [7, 11) is 0. The molecule has 0 aromatic rings. The topological polar surface area (TPSA) is 59.0 Å². The SMILES string of the molecule is CCOC(=O)N1N=C(C)CC1=O. The van der Waals surface area contributed by atoms with Gasteiger partial charge in [-0.25, -0.2) is 4.79 Å². The van der Waals surface area contributed by atoms with Gasteiger partial charge in [-0.15, -0.1) is 5.01 Å². The Morgan fingerprint density at radius 1 is 1.75 bits per heavy atom. The lowest BCUT2D eigenvalue weighted by Crippen LogP contribution is -2.28. The number of hydrogen-bond acceptors (Lipinski definition) is 4. The first kappa shape index (κ1) is 8.70. The van der Waals surface area contributed by atoms with E-state index in [1.807, 2.05) is 0 Å². The highest BCUT2D eigenvalue weighted by molar-refractivity contribution is 6.09. The zero-order valence-corrected chi connectivity index (χ0v) is 7.03. The third kappa shape index (κ3) is 1.61. The number of carbonyl (C=O) groups excluding carboxylic acids is 2. The first-order valence-corrected chi connectivity index (χ1v) is 3.69. The minimum Gasteiger partial charge on any atom is -0.448 e. The van der Waals surface area contributed by atoms with Crippen molar-refractivity contribution in [2.24, 2.45) is 5.10 Å². The highest BCUT2D eigenvalue weighted by Crippen LogP contribution is 2.08. The number of nitrogens with zero attached hydrogens (tertiary/aromatic N) is 2. The molecule has 0 radical (unpaired) electrons. The number of ether oxygens (including phenoxy) is 1. The second-order valence-corrected chi connectivity index (χ2v) is 2.42. The maximum absolute atomic E-state index is 11.0. The molecule has 1 heterocycles. The van der Waals surface area contributed by atoms with Crippen molar-refractivity contribution >= 4 is 17.7 Å². The van der Waals surface area contributed by atoms with Gasteiger partial charge in [-0.2, -0.15) is 5.10 Å². The average molecular weight is 170 g/mol. The summed E-state index contributed by atoms with van der Waals surface area (Å²) in [6.07, 6.45) is -0.488. The summed E-state index contributed by atoms with van der Waals surface area (Å²) < 4.78 is 4.60. The van der Waals surface area contributed by atoms with Crippen LogP contribution in [0.3, 0.4) is 0 Å². The Bertz CT molecular complexity index is 247. The molecule has 0 bridgehead atoms. The van der Waals surface area contributed by atoms with Crippen LogP contribution in [0.5, 0.6) is 0 Å². The number of carbonyl (C=O) groups is 2. The molecule has 0 atom stereocenters. The maximum atomic E-state index is 11.0. The van der Waals surface area contributed by atoms with Crippen molar-refractivity contribution in [1.82, 2.24) is 5.01 Å². The molecule has 1 rings (SSSR count). The van der Waals surface area contributed by atoms with Crippen LogP contribution in [0.1, 0.15) is 20.3 Å². The molecule has 5 heteroatoms. The Morgan fingerprint density at radius 3 is 2.83 bits per heavy atom. The summed E-state index contributed by atoms with van der Waals surface area (Å²) in [5.41, 5.74) is 0.632. The van der Waals surface area contributed by atoms with Gasteiger partial charge in [0.15, 0.2) is 0 Å². The lowest BCUT2D eigenvalue weighted by molar-refractivity contribution is -0.127. The van der Waals surface area contributed by atoms with E-state index >= 15 is 0 Å². The van der Waals surface area contributed by atoms with Crippen LogP contribution in [0.4, 0.5) is 4.79 Å². The quantitative estimate of drug-likeness (QED) is 0.583. The van der Waals surface area contributed by atoms with Crippen molar-refractivity contribution < 1.29 is 14.3 Å². The van der Waals surface area contributed by atoms with Gasteiger partial charge >= 0.3 is 6.09 Å². The molecule has 12 heavy (non-hydrogen) atoms. The highest BCUT2D eigenvalue weighted by Gasteiger charge is 2.28. The summed E-state index contributed by atoms with van der Waals surface area (Å²) in [5, 5.41) is 4.48. The number of imide groups is 1. The van der Waals surface area contributed by atoms with Gasteiger partial charge in [0.2, 0.25) is 0 Å². The van der Waals surface area contributed by atoms with Gasteiger partial charge < -0.3 is 4.74 Å². The Kier molecular flexibility index (Phi) is 2.42. The molecule has 1 aliphatic heterocycles. The molecule has 0 aromatic carbocycles. The van der Waals surface area contributed by atoms with E-state index in [0.29, 0.717) is 5.71 Å². The standard InChI is InChI=1S/C7H10N2O3/c1-3-12-7(11)9-6(10)4-5(2)8-9/h3-4H2,1-2H3. The molecule has 2 amide bonds. The lowest BCUT2D eigenvalue weighted by atomic mass is 10.3. The second kappa shape index (κ2) is 3.34. The molecule has 0 N–H and O–H groups in total. The van der Waals surface area contributed by atoms with E-state index in [1.165, 1.54) is 0 Å². The van der Waals surface area contributed by atoms with Crippen LogP contribution >= 0.6 is 0 Å². The minimum absolute atomic E-state index is 0.207. The first-order valence-electron chi connectivity index (χ1n) is 3.69. The Hall–Kier alpha value is -1.39. The van der Waals surface area contributed by atoms with Gasteiger partial charge in [0.25, 0.3) is 5.91 Å². The number of rotatable bonds is 1. The van der Waals surface area contributed by atoms with E-state index in [-0.39, 0.29) is 18.9 Å². The van der Waals surface area contributed by atoms with Crippen molar-refractivity contribution in [2.75, 3.05) is 6.61 Å². The Morgan fingerprint density at radius 2 is 2.42 bits per heavy atom. The Balaban J connectivity index is 2.63. The van der Waals surface area contributed by atoms with Crippen molar-refractivity contribution in [3.05, 3.63) is 0 Å². The first-order chi connectivity index (χ1) is 5.65. The van der Waals surface area contributed by atoms with E-state index in [9.17, 15) is 9.59 Å². The van der Waals surface area contributed by atoms with Crippen LogP contribution in [0.2, 0.25) is 0 Å². The monoisotopic (exact) mass is 170 g/mol. The van der Waals surface area contributed by atoms with Crippen LogP contribution < -0.4 is 0 Å². The number of amides is 2. The summed E-state index contributed by atoms with van der Waals surface area (Å²) in [6.45, 7) is 3.61. The van der Waals surface area contributed by atoms with Gasteiger partial charge in [-0.3, -0.25) is 4.79 Å². The van der Waals surface area contributed by atoms with Gasteiger partial charge in [-0.05, 0) is 13.8 Å². The lowest BCUT2D eigenvalue weighted by Gasteiger charge is -2.07. The van der Waals surface area contributed by atoms with E-state index < -0.39 is 6.09 Å². The molecule has 0 saturated carbocycles. The molecule has 66 valence electrons. The van der Waals surface area contributed by atoms with E-state index in [0.717, 1.165) is 5.01 Å². The largest absolute Gasteiger partial charge is 0.448 e. The molecule has 0 spiro atoms. The third-order valence-corrected chi connectivity index (χ3v) is 1.35. The van der Waals surface area contributed by atoms with Crippen molar-refractivity contribution in [1.29, 1.82) is 0 Å². The van der Waals surface area contributed by atoms with E-state index in [2.05, 4.69) is 9.84 Å². The van der Waals surface area contributed by atoms with Crippen LogP contribution in [0.25, 0.3) is 0 Å². The molecule has 5 nitrogen and oxygen atoms in total. The summed E-state index contributed by atoms with van der Waals surface area (Å²) in [6, 6.07) is 0. The van der Waals surface area contributed by atoms with Gasteiger partial charge in [-0.1, -0.05) is 0 Å². The van der Waals surface area contributed by atoms with Crippen molar-refractivity contribution in [2.45, 2.75) is 20.3 Å². The number of hydrazone groups is 1. The molecule has 0 aromatic heterocycles. The van der Waals surface area contributed by atoms with Crippen LogP contribution in [0, 0.1) is 0 Å². The minimum atomic E-state index is -0.695. The zero-order chi connectivity index (χ0) is 9.14. The zero-order valence-electron chi connectivity index (χ0n) is 7.03. The maximum Gasteiger partial charge on any atom is 0.437 e. The molecular formula is C7H10N2O3. The predicted octanol–water partition coefficient (Wildman–Crippen LogP) is 0.751. The molecular weight excluding hydrogens is 160 g/mol. The molecule has 0 saturated heterocycles. The smallest absolute Gasteiger partial charge is 0.437 e. The van der Waals surface area contributed by atoms with Crippen LogP contribution in [-0.4, -0.2) is 29.3 Å². The number of hydrogen-bond donors (Lipinski definition) is 0. The van der Waals surface area contributed by atoms with Crippen LogP contribution in [0.15, 0.2) is 5.10 Å². The van der Waals surface area contributed by atoms with Crippen molar-refractivity contribution in [3.8, 4) is 0 Å². The van der Waals surface area contributed by atoms with Gasteiger partial charge in [0.05, 0.1) is 13.0 Å². The normalized spacial score (nSPS) is 16.3. The van der Waals surface area contributed by atoms with E-state index in [1.54, 1.807) is 13.8 Å². The molecule has 0 aliphatic carbocycles. The molecule has 0 unspecified atom stereocenters. The summed E-state index contributed by atoms with van der Waals surface area (Å²) >= 11 is 0. The Labute approximate surface area is 70.0 Å². The van der Waals surface area contributed by atoms with Gasteiger partial charge in [0.1, 0.15) is 0 Å². The summed E-state index contributed by atoms with van der Waals surface area (Å²) in [5.74, 6) is -0.328. The molecule has 1 aliphatic rings. The fourth-order valence-corrected chi connectivity index (χ4v) is 0.883. The highest BCUT2D eigenvalue weighted by atomic mass is 16.6. The second-order valence-electron chi connectivity index (χ2n) is 2.42. The van der Waals surface area contributed by atoms with Gasteiger partial charge in [0, 0.05) is 5.71 Å². The fourth-order valence-electron chi connectivity index (χ4n) is 0.883. The average Bonchev–Trinajstić information content (AvgIpc) is 2.30.